The van der Waals surface area contributed by atoms with E-state index < -0.39 is 11.9 Å². The maximum atomic E-state index is 11.9. The van der Waals surface area contributed by atoms with E-state index in [0.29, 0.717) is 33.5 Å². The summed E-state index contributed by atoms with van der Waals surface area (Å²) < 4.78 is 23.1. The van der Waals surface area contributed by atoms with Crippen molar-refractivity contribution in [2.45, 2.75) is 86.9 Å². The van der Waals surface area contributed by atoms with Crippen molar-refractivity contribution in [1.29, 1.82) is 0 Å². The molecular weight excluding hydrogens is 520 g/mol. The zero-order valence-corrected chi connectivity index (χ0v) is 24.0. The van der Waals surface area contributed by atoms with Crippen LogP contribution in [0.4, 0.5) is 0 Å². The van der Waals surface area contributed by atoms with E-state index in [9.17, 15) is 9.59 Å². The predicted octanol–water partition coefficient (Wildman–Crippen LogP) is 7.26. The summed E-state index contributed by atoms with van der Waals surface area (Å²) in [4.78, 5) is 23.7. The third-order valence-corrected chi connectivity index (χ3v) is 9.73. The lowest BCUT2D eigenvalue weighted by Crippen LogP contribution is -2.28. The molecule has 0 heterocycles. The highest BCUT2D eigenvalue weighted by Gasteiger charge is 2.21. The Hall–Kier alpha value is -2.06. The van der Waals surface area contributed by atoms with Crippen LogP contribution in [0.5, 0.6) is 11.5 Å². The molecule has 3 rings (SSSR count). The lowest BCUT2D eigenvalue weighted by molar-refractivity contribution is -0.144. The Kier molecular flexibility index (Phi) is 14.0. The standard InChI is InChI=1S/C30H42O6S2.2H2/c1-3-29(31)35-25(21-37-27-14-7-5-8-15-27)19-33-23-12-11-13-24(18-23)34-20-26(36-30(32)4-2)22-38-28-16-9-6-10-17-28;;/h3-4,11-13,18,25-28H,1-2,5-10,14-17,19-22H2;2*1H. The number of thioether (sulfide) groups is 2. The van der Waals surface area contributed by atoms with Gasteiger partial charge in [-0.2, -0.15) is 23.5 Å². The second-order valence-corrected chi connectivity index (χ2v) is 12.5. The van der Waals surface area contributed by atoms with Gasteiger partial charge in [0.15, 0.2) is 0 Å². The molecule has 0 N–H and O–H groups in total. The highest BCUT2D eigenvalue weighted by molar-refractivity contribution is 8.00. The summed E-state index contributed by atoms with van der Waals surface area (Å²) in [5.41, 5.74) is 0. The molecule has 0 amide bonds. The number of benzene rings is 1. The fraction of sp³-hybridized carbons (Fsp3) is 0.600. The van der Waals surface area contributed by atoms with Crippen molar-refractivity contribution >= 4 is 35.5 Å². The van der Waals surface area contributed by atoms with Crippen molar-refractivity contribution < 1.29 is 31.4 Å². The molecule has 0 aromatic heterocycles. The van der Waals surface area contributed by atoms with Crippen molar-refractivity contribution in [3.8, 4) is 11.5 Å². The number of carbonyl (C=O) groups excluding carboxylic acids is 2. The van der Waals surface area contributed by atoms with Gasteiger partial charge in [0.05, 0.1) is 0 Å². The van der Waals surface area contributed by atoms with Gasteiger partial charge in [-0.1, -0.05) is 57.7 Å². The SMILES string of the molecule is C=CC(=O)OC(COc1cccc(OCC(CSC2CCCCC2)OC(=O)C=C)c1)CSC1CCCCC1.[HH].[HH]. The van der Waals surface area contributed by atoms with Crippen molar-refractivity contribution in [3.05, 3.63) is 49.6 Å². The van der Waals surface area contributed by atoms with Crippen LogP contribution in [-0.4, -0.2) is 59.4 Å². The molecule has 214 valence electrons. The molecule has 0 saturated heterocycles. The zero-order valence-electron chi connectivity index (χ0n) is 22.4. The Morgan fingerprint density at radius 1 is 0.789 bits per heavy atom. The first-order valence-corrected chi connectivity index (χ1v) is 15.9. The molecule has 2 fully saturated rings. The van der Waals surface area contributed by atoms with Gasteiger partial charge in [-0.25, -0.2) is 9.59 Å². The maximum absolute atomic E-state index is 11.9. The van der Waals surface area contributed by atoms with Crippen LogP contribution in [0.25, 0.3) is 0 Å². The molecule has 2 unspecified atom stereocenters. The molecule has 0 radical (unpaired) electrons. The van der Waals surface area contributed by atoms with Crippen LogP contribution < -0.4 is 9.47 Å². The molecule has 0 bridgehead atoms. The highest BCUT2D eigenvalue weighted by atomic mass is 32.2. The van der Waals surface area contributed by atoms with Gasteiger partial charge in [-0.3, -0.25) is 0 Å². The second kappa shape index (κ2) is 17.5. The van der Waals surface area contributed by atoms with Gasteiger partial charge >= 0.3 is 11.9 Å². The van der Waals surface area contributed by atoms with Gasteiger partial charge in [0.1, 0.15) is 36.9 Å². The number of carbonyl (C=O) groups is 2. The summed E-state index contributed by atoms with van der Waals surface area (Å²) in [5, 5.41) is 1.23. The Bertz CT molecular complexity index is 823. The Morgan fingerprint density at radius 2 is 1.21 bits per heavy atom. The van der Waals surface area contributed by atoms with Crippen LogP contribution in [0.1, 0.15) is 67.1 Å². The minimum absolute atomic E-state index is 0. The molecule has 0 aliphatic heterocycles. The summed E-state index contributed by atoms with van der Waals surface area (Å²) in [7, 11) is 0. The van der Waals surface area contributed by atoms with E-state index >= 15 is 0 Å². The summed E-state index contributed by atoms with van der Waals surface area (Å²) in [6.45, 7) is 7.53. The molecule has 2 atom stereocenters. The van der Waals surface area contributed by atoms with E-state index in [-0.39, 0.29) is 28.3 Å². The van der Waals surface area contributed by atoms with Gasteiger partial charge in [0.25, 0.3) is 0 Å². The summed E-state index contributed by atoms with van der Waals surface area (Å²) in [6, 6.07) is 7.36. The quantitative estimate of drug-likeness (QED) is 0.153. The van der Waals surface area contributed by atoms with Crippen LogP contribution in [0.15, 0.2) is 49.6 Å². The average molecular weight is 567 g/mol. The number of ether oxygens (including phenoxy) is 4. The summed E-state index contributed by atoms with van der Waals surface area (Å²) >= 11 is 3.72. The van der Waals surface area contributed by atoms with Gasteiger partial charge < -0.3 is 18.9 Å². The molecule has 38 heavy (non-hydrogen) atoms. The molecule has 2 saturated carbocycles. The van der Waals surface area contributed by atoms with Crippen molar-refractivity contribution in [1.82, 2.24) is 0 Å². The zero-order chi connectivity index (χ0) is 27.0. The molecule has 1 aromatic rings. The largest absolute Gasteiger partial charge is 0.490 e. The van der Waals surface area contributed by atoms with Gasteiger partial charge in [0.2, 0.25) is 0 Å². The smallest absolute Gasteiger partial charge is 0.330 e. The fourth-order valence-corrected chi connectivity index (χ4v) is 7.28. The third-order valence-electron chi connectivity index (χ3n) is 6.72. The first kappa shape index (κ1) is 30.5. The second-order valence-electron chi connectivity index (χ2n) is 9.81. The average Bonchev–Trinajstić information content (AvgIpc) is 2.96. The third kappa shape index (κ3) is 11.8. The molecule has 6 nitrogen and oxygen atoms in total. The predicted molar refractivity (Wildman–Crippen MR) is 160 cm³/mol. The molecule has 2 aliphatic carbocycles. The summed E-state index contributed by atoms with van der Waals surface area (Å²) in [5.74, 6) is 1.75. The number of rotatable bonds is 16. The van der Waals surface area contributed by atoms with Crippen molar-refractivity contribution in [3.63, 3.8) is 0 Å². The maximum Gasteiger partial charge on any atom is 0.330 e. The highest BCUT2D eigenvalue weighted by Crippen LogP contribution is 2.30. The van der Waals surface area contributed by atoms with Crippen LogP contribution in [0.3, 0.4) is 0 Å². The molecule has 8 heteroatoms. The lowest BCUT2D eigenvalue weighted by Gasteiger charge is -2.24. The first-order chi connectivity index (χ1) is 18.6. The Balaban J connectivity index is 0.00000400. The monoisotopic (exact) mass is 566 g/mol. The van der Waals surface area contributed by atoms with Crippen LogP contribution in [-0.2, 0) is 19.1 Å². The summed E-state index contributed by atoms with van der Waals surface area (Å²) in [6.07, 6.45) is 14.2. The lowest BCUT2D eigenvalue weighted by atomic mass is 10.0. The van der Waals surface area contributed by atoms with Gasteiger partial charge in [-0.15, -0.1) is 0 Å². The van der Waals surface area contributed by atoms with Crippen LogP contribution in [0, 0.1) is 0 Å². The minimum Gasteiger partial charge on any atom is -0.490 e. The molecular formula is C30H46O6S2. The Labute approximate surface area is 239 Å². The fourth-order valence-electron chi connectivity index (χ4n) is 4.64. The minimum atomic E-state index is -0.439. The van der Waals surface area contributed by atoms with E-state index in [1.165, 1.54) is 76.4 Å². The van der Waals surface area contributed by atoms with E-state index in [1.807, 2.05) is 41.7 Å². The molecule has 0 spiro atoms. The molecule has 2 aliphatic rings. The first-order valence-electron chi connectivity index (χ1n) is 13.8. The number of hydrogen-bond donors (Lipinski definition) is 0. The van der Waals surface area contributed by atoms with E-state index in [1.54, 1.807) is 6.07 Å². The molecule has 1 aromatic carbocycles. The van der Waals surface area contributed by atoms with Crippen LogP contribution in [0.2, 0.25) is 0 Å². The van der Waals surface area contributed by atoms with E-state index in [0.717, 1.165) is 0 Å². The normalized spacial score (nSPS) is 18.1. The van der Waals surface area contributed by atoms with Crippen molar-refractivity contribution in [2.24, 2.45) is 0 Å². The van der Waals surface area contributed by atoms with Gasteiger partial charge in [0, 0.05) is 43.1 Å². The van der Waals surface area contributed by atoms with Gasteiger partial charge in [-0.05, 0) is 37.8 Å². The van der Waals surface area contributed by atoms with Crippen molar-refractivity contribution in [2.75, 3.05) is 24.7 Å². The Morgan fingerprint density at radius 3 is 1.61 bits per heavy atom. The van der Waals surface area contributed by atoms with E-state index in [2.05, 4.69) is 13.2 Å². The topological polar surface area (TPSA) is 71.1 Å². The number of esters is 2. The van der Waals surface area contributed by atoms with E-state index in [4.69, 9.17) is 18.9 Å². The number of hydrogen-bond acceptors (Lipinski definition) is 8. The van der Waals surface area contributed by atoms with Crippen LogP contribution >= 0.6 is 23.5 Å².